The first kappa shape index (κ1) is 45.6. The second-order valence-corrected chi connectivity index (χ2v) is 58.3. The Bertz CT molecular complexity index is 2310. The van der Waals surface area contributed by atoms with Gasteiger partial charge in [-0.3, -0.25) is 23.5 Å². The number of hydrogen-bond acceptors (Lipinski definition) is 4. The van der Waals surface area contributed by atoms with E-state index in [2.05, 4.69) is 99.9 Å². The molecular weight excluding hydrogens is 1350 g/mol. The molecule has 0 radical (unpaired) electrons. The summed E-state index contributed by atoms with van der Waals surface area (Å²) in [5.74, 6) is -1.13. The van der Waals surface area contributed by atoms with Gasteiger partial charge in [0.2, 0.25) is 0 Å². The fourth-order valence-corrected chi connectivity index (χ4v) is 5.54. The second kappa shape index (κ2) is 22.1. The van der Waals surface area contributed by atoms with Gasteiger partial charge < -0.3 is 5.11 Å². The van der Waals surface area contributed by atoms with Crippen LogP contribution in [0, 0.1) is 25.5 Å². The zero-order valence-electron chi connectivity index (χ0n) is 26.2. The first-order valence-corrected chi connectivity index (χ1v) is 37.4. The van der Waals surface area contributed by atoms with E-state index < -0.39 is 22.8 Å². The molecule has 6 nitrogen and oxygen atoms in total. The molecule has 0 aliphatic heterocycles. The normalized spacial score (nSPS) is 10.5. The fourth-order valence-electron chi connectivity index (χ4n) is 5.10. The molecule has 0 saturated heterocycles. The summed E-state index contributed by atoms with van der Waals surface area (Å²) in [6.45, 7) is 3.22. The van der Waals surface area contributed by atoms with Crippen molar-refractivity contribution in [3.05, 3.63) is 150 Å². The third kappa shape index (κ3) is 12.1. The van der Waals surface area contributed by atoms with Crippen molar-refractivity contribution in [2.45, 2.75) is 20.5 Å². The minimum atomic E-state index is -0.580. The molecular formula is C34H24Cl2F2I5N2O4V2. The number of halogens is 9. The van der Waals surface area contributed by atoms with Gasteiger partial charge in [-0.1, -0.05) is 47.5 Å². The van der Waals surface area contributed by atoms with Crippen molar-refractivity contribution in [2.24, 2.45) is 0 Å². The number of aliphatic hydroxyl groups excluding tert-OH is 1. The van der Waals surface area contributed by atoms with Crippen LogP contribution in [-0.4, -0.2) is 20.5 Å². The Morgan fingerprint density at radius 3 is 1.61 bits per heavy atom. The van der Waals surface area contributed by atoms with Crippen LogP contribution in [0.4, 0.5) is 8.78 Å². The number of aldehydes is 1. The molecule has 51 heavy (non-hydrogen) atoms. The number of carbonyl (C=O) groups excluding carboxylic acids is 1. The summed E-state index contributed by atoms with van der Waals surface area (Å²) >= 11 is 24.2. The van der Waals surface area contributed by atoms with Crippen LogP contribution in [0.5, 0.6) is 0 Å². The molecule has 0 unspecified atom stereocenters. The first-order valence-electron chi connectivity index (χ1n) is 14.2. The molecule has 0 fully saturated rings. The van der Waals surface area contributed by atoms with Crippen molar-refractivity contribution in [3.63, 3.8) is 0 Å². The topological polar surface area (TPSA) is 81.3 Å². The maximum atomic E-state index is 14.2. The average Bonchev–Trinajstić information content (AvgIpc) is 3.05. The second-order valence-electron chi connectivity index (χ2n) is 10.3. The molecule has 267 valence electrons. The number of aliphatic hydroxyl groups is 1. The quantitative estimate of drug-likeness (QED) is 0.141. The van der Waals surface area contributed by atoms with Crippen LogP contribution < -0.4 is 11.1 Å². The van der Waals surface area contributed by atoms with Gasteiger partial charge >= 0.3 is 114 Å². The van der Waals surface area contributed by atoms with Crippen LogP contribution in [0.15, 0.2) is 94.8 Å². The van der Waals surface area contributed by atoms with Crippen molar-refractivity contribution >= 4 is 151 Å². The summed E-state index contributed by atoms with van der Waals surface area (Å²) in [4.78, 5) is 36.2. The minimum absolute atomic E-state index is 0.00933. The predicted molar refractivity (Wildman–Crippen MR) is 240 cm³/mol. The van der Waals surface area contributed by atoms with Crippen LogP contribution in [0.3, 0.4) is 0 Å². The number of pyridine rings is 2. The molecule has 2 heterocycles. The zero-order valence-corrected chi connectivity index (χ0v) is 41.3. The van der Waals surface area contributed by atoms with Gasteiger partial charge in [0.25, 0.3) is 11.1 Å². The van der Waals surface area contributed by atoms with Crippen molar-refractivity contribution in [1.82, 2.24) is 9.13 Å². The van der Waals surface area contributed by atoms with Crippen molar-refractivity contribution in [3.8, 4) is 11.4 Å². The zero-order chi connectivity index (χ0) is 38.0. The summed E-state index contributed by atoms with van der Waals surface area (Å²) in [6, 6.07) is 19.2. The summed E-state index contributed by atoms with van der Waals surface area (Å²) < 4.78 is 30.9. The summed E-state index contributed by atoms with van der Waals surface area (Å²) in [5.41, 5.74) is 1.87. The van der Waals surface area contributed by atoms with Crippen molar-refractivity contribution < 1.29 is 33.1 Å². The Morgan fingerprint density at radius 1 is 0.765 bits per heavy atom. The van der Waals surface area contributed by atoms with Crippen LogP contribution in [0.25, 0.3) is 32.9 Å². The Balaban J connectivity index is 0.000000233. The van der Waals surface area contributed by atoms with Crippen LogP contribution >= 0.6 is 123 Å². The first-order chi connectivity index (χ1) is 24.2. The number of hydrogen-bond donors (Lipinski definition) is 1. The number of rotatable bonds is 4. The third-order valence-electron chi connectivity index (χ3n) is 7.12. The van der Waals surface area contributed by atoms with Crippen molar-refractivity contribution in [2.75, 3.05) is 0 Å². The maximum absolute atomic E-state index is 14.2. The molecule has 4 aromatic carbocycles. The molecule has 6 rings (SSSR count). The number of aromatic nitrogens is 2. The molecule has 0 bridgehead atoms. The summed E-state index contributed by atoms with van der Waals surface area (Å²) in [5, 5.41) is 11.2. The molecule has 1 N–H and O–H groups in total. The van der Waals surface area contributed by atoms with Crippen LogP contribution in [-0.2, 0) is 21.0 Å². The number of fused-ring (bicyclic) bond motifs is 2. The Labute approximate surface area is 369 Å². The van der Waals surface area contributed by atoms with Gasteiger partial charge in [-0.15, -0.1) is 0 Å². The van der Waals surface area contributed by atoms with Gasteiger partial charge in [-0.2, -0.15) is 0 Å². The van der Waals surface area contributed by atoms with E-state index in [1.807, 2.05) is 0 Å². The summed E-state index contributed by atoms with van der Waals surface area (Å²) in [6.07, 6.45) is 3.66. The van der Waals surface area contributed by atoms with Gasteiger partial charge in [0.05, 0.1) is 39.3 Å². The van der Waals surface area contributed by atoms with E-state index in [-0.39, 0.29) is 32.9 Å². The SMILES string of the molecule is Cc1cc(F)c2c(=O)n(-c3cccc(Cl)c3C=O)ccc2c1.Cc1cc(F)c2c(=O)n(-c3cccc(Cl)c3CO)ccc2c1.[I][V]([I])[I].[I][V][I]. The number of carbonyl (C=O) groups is 1. The number of nitrogens with zero attached hydrogens (tertiary/aromatic N) is 2. The molecule has 2 aromatic heterocycles. The van der Waals surface area contributed by atoms with Gasteiger partial charge in [0.1, 0.15) is 11.6 Å². The van der Waals surface area contributed by atoms with E-state index in [0.717, 1.165) is 11.1 Å². The van der Waals surface area contributed by atoms with Gasteiger partial charge in [0.15, 0.2) is 6.29 Å². The van der Waals surface area contributed by atoms with Gasteiger partial charge in [0, 0.05) is 23.0 Å². The van der Waals surface area contributed by atoms with E-state index in [0.29, 0.717) is 48.5 Å². The van der Waals surface area contributed by atoms with Gasteiger partial charge in [-0.05, 0) is 84.3 Å². The summed E-state index contributed by atoms with van der Waals surface area (Å²) in [7, 11) is 0.628. The van der Waals surface area contributed by atoms with Crippen molar-refractivity contribution in [1.29, 1.82) is 0 Å². The Kier molecular flexibility index (Phi) is 19.7. The molecule has 0 amide bonds. The van der Waals surface area contributed by atoms with Crippen LogP contribution in [0.2, 0.25) is 10.0 Å². The molecule has 17 heteroatoms. The monoisotopic (exact) mass is 1370 g/mol. The molecule has 0 atom stereocenters. The Morgan fingerprint density at radius 2 is 1.18 bits per heavy atom. The van der Waals surface area contributed by atoms with E-state index in [1.54, 1.807) is 80.7 Å². The van der Waals surface area contributed by atoms with E-state index in [9.17, 15) is 28.3 Å². The Hall–Kier alpha value is 0.189. The molecule has 0 aliphatic rings. The average molecular weight is 1370 g/mol. The fraction of sp³-hybridized carbons (Fsp3) is 0.0882. The molecule has 0 saturated carbocycles. The van der Waals surface area contributed by atoms with E-state index in [1.165, 1.54) is 27.5 Å². The number of aryl methyl sites for hydroxylation is 2. The molecule has 0 spiro atoms. The van der Waals surface area contributed by atoms with E-state index >= 15 is 0 Å². The standard InChI is InChI=1S/C17H13ClFNO2.C17H11ClFNO2.5HI.2V/c2*1-10-7-11-5-6-20(17(22)16(11)14(19)8-10)15-4-2-3-13(18)12(15)9-21;;;;;;;/h2-8,21H,9H2,1H3;2-9H,1H3;5*1H;;/q;;;;;;;+2;+3/p-5. The third-order valence-corrected chi connectivity index (χ3v) is 7.80. The van der Waals surface area contributed by atoms with Gasteiger partial charge in [-0.25, -0.2) is 8.78 Å². The van der Waals surface area contributed by atoms with Crippen LogP contribution in [0.1, 0.15) is 27.0 Å². The van der Waals surface area contributed by atoms with E-state index in [4.69, 9.17) is 23.2 Å². The predicted octanol–water partition coefficient (Wildman–Crippen LogP) is 11.9. The number of benzene rings is 4. The molecule has 6 aromatic rings. The molecule has 0 aliphatic carbocycles.